The Balaban J connectivity index is 2.10. The van der Waals surface area contributed by atoms with Gasteiger partial charge >= 0.3 is 0 Å². The smallest absolute Gasteiger partial charge is 0.125 e. The SMILES string of the molecule is Cc1[nH]ncc1CNc1cc(F)ccc1Cl. The molecule has 0 bridgehead atoms. The van der Waals surface area contributed by atoms with Gasteiger partial charge in [-0.1, -0.05) is 11.6 Å². The van der Waals surface area contributed by atoms with Crippen LogP contribution in [0.15, 0.2) is 24.4 Å². The number of anilines is 1. The first-order valence-corrected chi connectivity index (χ1v) is 5.22. The van der Waals surface area contributed by atoms with Crippen molar-refractivity contribution in [2.75, 3.05) is 5.32 Å². The van der Waals surface area contributed by atoms with Gasteiger partial charge in [-0.3, -0.25) is 5.10 Å². The number of hydrogen-bond donors (Lipinski definition) is 2. The van der Waals surface area contributed by atoms with Crippen molar-refractivity contribution in [3.8, 4) is 0 Å². The zero-order chi connectivity index (χ0) is 11.5. The van der Waals surface area contributed by atoms with Crippen molar-refractivity contribution in [2.24, 2.45) is 0 Å². The second-order valence-corrected chi connectivity index (χ2v) is 3.91. The van der Waals surface area contributed by atoms with Gasteiger partial charge in [-0.2, -0.15) is 5.10 Å². The second-order valence-electron chi connectivity index (χ2n) is 3.50. The van der Waals surface area contributed by atoms with Crippen LogP contribution in [-0.4, -0.2) is 10.2 Å². The first kappa shape index (κ1) is 11.0. The summed E-state index contributed by atoms with van der Waals surface area (Å²) in [4.78, 5) is 0. The lowest BCUT2D eigenvalue weighted by Crippen LogP contribution is -2.00. The van der Waals surface area contributed by atoms with E-state index in [4.69, 9.17) is 11.6 Å². The minimum absolute atomic E-state index is 0.309. The molecule has 3 nitrogen and oxygen atoms in total. The standard InChI is InChI=1S/C11H11ClFN3/c1-7-8(6-15-16-7)5-14-11-4-9(13)2-3-10(11)12/h2-4,6,14H,5H2,1H3,(H,15,16). The number of nitrogens with one attached hydrogen (secondary N) is 2. The van der Waals surface area contributed by atoms with Gasteiger partial charge in [0.15, 0.2) is 0 Å². The highest BCUT2D eigenvalue weighted by Gasteiger charge is 2.04. The van der Waals surface area contributed by atoms with Crippen LogP contribution in [0.3, 0.4) is 0 Å². The minimum Gasteiger partial charge on any atom is -0.380 e. The van der Waals surface area contributed by atoms with E-state index in [-0.39, 0.29) is 5.82 Å². The largest absolute Gasteiger partial charge is 0.380 e. The molecule has 2 rings (SSSR count). The third-order valence-corrected chi connectivity index (χ3v) is 2.66. The zero-order valence-corrected chi connectivity index (χ0v) is 9.48. The van der Waals surface area contributed by atoms with Crippen molar-refractivity contribution in [2.45, 2.75) is 13.5 Å². The van der Waals surface area contributed by atoms with E-state index in [1.54, 1.807) is 6.20 Å². The Morgan fingerprint density at radius 3 is 3.00 bits per heavy atom. The van der Waals surface area contributed by atoms with Gasteiger partial charge in [0.2, 0.25) is 0 Å². The van der Waals surface area contributed by atoms with E-state index in [0.29, 0.717) is 17.3 Å². The van der Waals surface area contributed by atoms with E-state index in [9.17, 15) is 4.39 Å². The Morgan fingerprint density at radius 1 is 1.50 bits per heavy atom. The molecule has 0 amide bonds. The fraction of sp³-hybridized carbons (Fsp3) is 0.182. The highest BCUT2D eigenvalue weighted by atomic mass is 35.5. The van der Waals surface area contributed by atoms with Crippen molar-refractivity contribution in [1.29, 1.82) is 0 Å². The van der Waals surface area contributed by atoms with Crippen molar-refractivity contribution in [3.05, 3.63) is 46.5 Å². The van der Waals surface area contributed by atoms with Crippen LogP contribution in [0.1, 0.15) is 11.3 Å². The van der Waals surface area contributed by atoms with Crippen LogP contribution in [0.5, 0.6) is 0 Å². The molecule has 0 spiro atoms. The van der Waals surface area contributed by atoms with Gasteiger partial charge < -0.3 is 5.32 Å². The van der Waals surface area contributed by atoms with Gasteiger partial charge in [0.05, 0.1) is 16.9 Å². The fourth-order valence-corrected chi connectivity index (χ4v) is 1.56. The van der Waals surface area contributed by atoms with Crippen LogP contribution in [-0.2, 0) is 6.54 Å². The van der Waals surface area contributed by atoms with Crippen LogP contribution < -0.4 is 5.32 Å². The molecule has 0 unspecified atom stereocenters. The molecule has 0 aliphatic heterocycles. The summed E-state index contributed by atoms with van der Waals surface area (Å²) in [6.45, 7) is 2.49. The third kappa shape index (κ3) is 2.33. The lowest BCUT2D eigenvalue weighted by Gasteiger charge is -2.07. The van der Waals surface area contributed by atoms with Crippen LogP contribution in [0.25, 0.3) is 0 Å². The Kier molecular flexibility index (Phi) is 3.10. The Labute approximate surface area is 97.6 Å². The maximum atomic E-state index is 13.0. The Morgan fingerprint density at radius 2 is 2.31 bits per heavy atom. The number of halogens is 2. The van der Waals surface area contributed by atoms with E-state index in [1.165, 1.54) is 18.2 Å². The van der Waals surface area contributed by atoms with Crippen LogP contribution >= 0.6 is 11.6 Å². The Hall–Kier alpha value is -1.55. The second kappa shape index (κ2) is 4.53. The van der Waals surface area contributed by atoms with Crippen LogP contribution in [0.2, 0.25) is 5.02 Å². The van der Waals surface area contributed by atoms with E-state index in [1.807, 2.05) is 6.92 Å². The van der Waals surface area contributed by atoms with Crippen LogP contribution in [0, 0.1) is 12.7 Å². The molecule has 16 heavy (non-hydrogen) atoms. The van der Waals surface area contributed by atoms with Crippen LogP contribution in [0.4, 0.5) is 10.1 Å². The van der Waals surface area contributed by atoms with E-state index in [2.05, 4.69) is 15.5 Å². The van der Waals surface area contributed by atoms with Gasteiger partial charge in [-0.15, -0.1) is 0 Å². The third-order valence-electron chi connectivity index (χ3n) is 2.33. The molecule has 0 saturated carbocycles. The quantitative estimate of drug-likeness (QED) is 0.864. The number of aryl methyl sites for hydroxylation is 1. The monoisotopic (exact) mass is 239 g/mol. The molecule has 5 heteroatoms. The van der Waals surface area contributed by atoms with Gasteiger partial charge in [0.1, 0.15) is 5.82 Å². The fourth-order valence-electron chi connectivity index (χ4n) is 1.38. The van der Waals surface area contributed by atoms with Gasteiger partial charge in [-0.25, -0.2) is 4.39 Å². The highest BCUT2D eigenvalue weighted by Crippen LogP contribution is 2.23. The molecule has 0 atom stereocenters. The van der Waals surface area contributed by atoms with Crippen molar-refractivity contribution in [3.63, 3.8) is 0 Å². The molecular formula is C11H11ClFN3. The molecule has 0 saturated heterocycles. The summed E-state index contributed by atoms with van der Waals surface area (Å²) in [6.07, 6.45) is 1.73. The molecule has 2 N–H and O–H groups in total. The number of H-pyrrole nitrogens is 1. The maximum Gasteiger partial charge on any atom is 0.125 e. The van der Waals surface area contributed by atoms with Gasteiger partial charge in [0.25, 0.3) is 0 Å². The molecule has 1 heterocycles. The molecule has 0 radical (unpaired) electrons. The highest BCUT2D eigenvalue weighted by molar-refractivity contribution is 6.33. The first-order valence-electron chi connectivity index (χ1n) is 4.84. The average Bonchev–Trinajstić information content (AvgIpc) is 2.66. The summed E-state index contributed by atoms with van der Waals surface area (Å²) in [7, 11) is 0. The van der Waals surface area contributed by atoms with Crippen molar-refractivity contribution >= 4 is 17.3 Å². The summed E-state index contributed by atoms with van der Waals surface area (Å²) >= 11 is 5.92. The number of nitrogens with zero attached hydrogens (tertiary/aromatic N) is 1. The number of rotatable bonds is 3. The number of aromatic amines is 1. The summed E-state index contributed by atoms with van der Waals surface area (Å²) < 4.78 is 13.0. The van der Waals surface area contributed by atoms with E-state index >= 15 is 0 Å². The van der Waals surface area contributed by atoms with E-state index < -0.39 is 0 Å². The molecule has 0 fully saturated rings. The average molecular weight is 240 g/mol. The zero-order valence-electron chi connectivity index (χ0n) is 8.72. The molecular weight excluding hydrogens is 229 g/mol. The maximum absolute atomic E-state index is 13.0. The molecule has 0 aliphatic carbocycles. The summed E-state index contributed by atoms with van der Waals surface area (Å²) in [5.74, 6) is -0.309. The molecule has 1 aromatic heterocycles. The predicted octanol–water partition coefficient (Wildman–Crippen LogP) is 3.12. The topological polar surface area (TPSA) is 40.7 Å². The molecule has 1 aromatic carbocycles. The van der Waals surface area contributed by atoms with Gasteiger partial charge in [0, 0.05) is 17.8 Å². The van der Waals surface area contributed by atoms with Crippen molar-refractivity contribution < 1.29 is 4.39 Å². The number of aromatic nitrogens is 2. The van der Waals surface area contributed by atoms with Gasteiger partial charge in [-0.05, 0) is 25.1 Å². The lowest BCUT2D eigenvalue weighted by molar-refractivity contribution is 0.628. The summed E-state index contributed by atoms with van der Waals surface area (Å²) in [5.41, 5.74) is 2.60. The van der Waals surface area contributed by atoms with Crippen molar-refractivity contribution in [1.82, 2.24) is 10.2 Å². The number of benzene rings is 1. The summed E-state index contributed by atoms with van der Waals surface area (Å²) in [6, 6.07) is 4.23. The Bertz CT molecular complexity index is 496. The van der Waals surface area contributed by atoms with E-state index in [0.717, 1.165) is 11.3 Å². The molecule has 84 valence electrons. The predicted molar refractivity (Wildman–Crippen MR) is 62.1 cm³/mol. The molecule has 2 aromatic rings. The normalized spacial score (nSPS) is 10.4. The lowest BCUT2D eigenvalue weighted by atomic mass is 10.2. The first-order chi connectivity index (χ1) is 7.66. The minimum atomic E-state index is -0.309. The summed E-state index contributed by atoms with van der Waals surface area (Å²) in [5, 5.41) is 10.3. The number of hydrogen-bond acceptors (Lipinski definition) is 2. The molecule has 0 aliphatic rings.